The Balaban J connectivity index is 1.78. The first-order chi connectivity index (χ1) is 10.6. The molecule has 0 aromatic heterocycles. The Morgan fingerprint density at radius 2 is 1.96 bits per heavy atom. The summed E-state index contributed by atoms with van der Waals surface area (Å²) in [6.07, 6.45) is 1.59. The highest BCUT2D eigenvalue weighted by molar-refractivity contribution is 6.74. The lowest BCUT2D eigenvalue weighted by molar-refractivity contribution is 0.0300. The molecule has 0 bridgehead atoms. The molecule has 0 aromatic carbocycles. The fraction of sp³-hybridized carbons (Fsp3) is 0.824. The van der Waals surface area contributed by atoms with E-state index in [0.717, 1.165) is 24.8 Å². The van der Waals surface area contributed by atoms with E-state index in [9.17, 15) is 9.90 Å². The Morgan fingerprint density at radius 1 is 1.26 bits per heavy atom. The topological polar surface area (TPSA) is 59.0 Å². The van der Waals surface area contributed by atoms with Crippen LogP contribution in [-0.2, 0) is 9.16 Å². The van der Waals surface area contributed by atoms with Crippen LogP contribution in [0.25, 0.3) is 0 Å². The highest BCUT2D eigenvalue weighted by atomic mass is 28.4. The quantitative estimate of drug-likeness (QED) is 0.620. The number of hydrogen-bond acceptors (Lipinski definition) is 4. The Hall–Kier alpha value is -0.853. The summed E-state index contributed by atoms with van der Waals surface area (Å²) < 4.78 is 11.7. The van der Waals surface area contributed by atoms with Crippen LogP contribution in [0, 0.1) is 0 Å². The van der Waals surface area contributed by atoms with Gasteiger partial charge in [0.05, 0.1) is 12.1 Å². The van der Waals surface area contributed by atoms with Gasteiger partial charge in [0.25, 0.3) is 0 Å². The molecule has 3 rings (SSSR count). The van der Waals surface area contributed by atoms with Gasteiger partial charge in [0.1, 0.15) is 12.7 Å². The Labute approximate surface area is 139 Å². The largest absolute Gasteiger partial charge is 0.447 e. The van der Waals surface area contributed by atoms with E-state index in [0.29, 0.717) is 13.2 Å². The lowest BCUT2D eigenvalue weighted by Crippen LogP contribution is -2.51. The number of hydrogen-bond donors (Lipinski definition) is 1. The molecule has 3 aliphatic rings. The fourth-order valence-corrected chi connectivity index (χ4v) is 4.98. The normalized spacial score (nSPS) is 31.8. The molecule has 1 amide bonds. The minimum Gasteiger partial charge on any atom is -0.447 e. The minimum atomic E-state index is -1.90. The van der Waals surface area contributed by atoms with E-state index in [4.69, 9.17) is 9.16 Å². The third kappa shape index (κ3) is 2.85. The molecule has 1 aliphatic carbocycles. The molecule has 0 radical (unpaired) electrons. The van der Waals surface area contributed by atoms with Gasteiger partial charge in [-0.1, -0.05) is 20.8 Å². The molecule has 2 heterocycles. The van der Waals surface area contributed by atoms with Crippen molar-refractivity contribution in [3.8, 4) is 0 Å². The van der Waals surface area contributed by atoms with Gasteiger partial charge >= 0.3 is 6.09 Å². The van der Waals surface area contributed by atoms with Gasteiger partial charge in [-0.15, -0.1) is 0 Å². The third-order valence-electron chi connectivity index (χ3n) is 6.07. The predicted octanol–water partition coefficient (Wildman–Crippen LogP) is 3.05. The number of nitrogens with zero attached hydrogens (tertiary/aromatic N) is 1. The van der Waals surface area contributed by atoms with Crippen molar-refractivity contribution >= 4 is 14.4 Å². The van der Waals surface area contributed by atoms with Gasteiger partial charge in [0.15, 0.2) is 8.32 Å². The lowest BCUT2D eigenvalue weighted by atomic mass is 9.80. The minimum absolute atomic E-state index is 0.0368. The summed E-state index contributed by atoms with van der Waals surface area (Å²) in [5, 5.41) is 11.0. The maximum Gasteiger partial charge on any atom is 0.410 e. The summed E-state index contributed by atoms with van der Waals surface area (Å²) in [7, 11) is -1.90. The first kappa shape index (κ1) is 17.0. The zero-order valence-corrected chi connectivity index (χ0v) is 15.9. The van der Waals surface area contributed by atoms with Crippen molar-refractivity contribution in [3.05, 3.63) is 11.1 Å². The van der Waals surface area contributed by atoms with E-state index in [1.807, 2.05) is 0 Å². The van der Waals surface area contributed by atoms with Gasteiger partial charge in [-0.3, -0.25) is 4.90 Å². The molecular weight excluding hydrogens is 310 g/mol. The molecule has 5 nitrogen and oxygen atoms in total. The zero-order chi connectivity index (χ0) is 17.0. The number of aliphatic hydroxyl groups is 1. The van der Waals surface area contributed by atoms with Crippen molar-refractivity contribution < 1.29 is 19.1 Å². The molecule has 1 fully saturated rings. The highest BCUT2D eigenvalue weighted by Gasteiger charge is 2.46. The van der Waals surface area contributed by atoms with Crippen molar-refractivity contribution in [2.45, 2.75) is 76.4 Å². The average molecular weight is 340 g/mol. The van der Waals surface area contributed by atoms with Crippen LogP contribution in [0.4, 0.5) is 4.79 Å². The maximum absolute atomic E-state index is 11.7. The second-order valence-electron chi connectivity index (χ2n) is 8.49. The van der Waals surface area contributed by atoms with Crippen LogP contribution in [-0.4, -0.2) is 55.8 Å². The average Bonchev–Trinajstić information content (AvgIpc) is 2.82. The van der Waals surface area contributed by atoms with Crippen LogP contribution < -0.4 is 0 Å². The van der Waals surface area contributed by atoms with Crippen LogP contribution in [0.5, 0.6) is 0 Å². The molecule has 1 saturated heterocycles. The van der Waals surface area contributed by atoms with Crippen molar-refractivity contribution in [2.24, 2.45) is 0 Å². The predicted molar refractivity (Wildman–Crippen MR) is 90.8 cm³/mol. The Bertz CT molecular complexity index is 537. The number of ether oxygens (including phenoxy) is 1. The van der Waals surface area contributed by atoms with Gasteiger partial charge in [-0.05, 0) is 48.5 Å². The van der Waals surface area contributed by atoms with Crippen LogP contribution in [0.1, 0.15) is 40.0 Å². The molecule has 3 atom stereocenters. The summed E-state index contributed by atoms with van der Waals surface area (Å²) in [6.45, 7) is 12.2. The van der Waals surface area contributed by atoms with Gasteiger partial charge < -0.3 is 14.3 Å². The number of amides is 1. The number of rotatable bonds is 2. The van der Waals surface area contributed by atoms with E-state index in [-0.39, 0.29) is 23.3 Å². The van der Waals surface area contributed by atoms with Crippen molar-refractivity contribution in [1.82, 2.24) is 4.90 Å². The van der Waals surface area contributed by atoms with Gasteiger partial charge in [-0.25, -0.2) is 4.79 Å². The third-order valence-corrected chi connectivity index (χ3v) is 10.6. The van der Waals surface area contributed by atoms with Gasteiger partial charge in [0.2, 0.25) is 0 Å². The molecule has 23 heavy (non-hydrogen) atoms. The monoisotopic (exact) mass is 339 g/mol. The molecule has 130 valence electrons. The first-order valence-electron chi connectivity index (χ1n) is 8.63. The maximum atomic E-state index is 11.7. The second-order valence-corrected chi connectivity index (χ2v) is 13.2. The van der Waals surface area contributed by atoms with Crippen LogP contribution in [0.2, 0.25) is 18.1 Å². The molecule has 2 aliphatic heterocycles. The molecule has 0 aromatic rings. The SMILES string of the molecule is CC(C)(C)[Si](C)(C)O[C@H]1CCC2=C(CCN3C(=O)OC[C@@H]23)[C@H]1O. The number of aliphatic hydroxyl groups excluding tert-OH is 1. The van der Waals surface area contributed by atoms with Crippen LogP contribution in [0.15, 0.2) is 11.1 Å². The lowest BCUT2D eigenvalue weighted by Gasteiger charge is -2.44. The fourth-order valence-electron chi connectivity index (χ4n) is 3.63. The van der Waals surface area contributed by atoms with Crippen molar-refractivity contribution in [3.63, 3.8) is 0 Å². The summed E-state index contributed by atoms with van der Waals surface area (Å²) in [5.41, 5.74) is 2.31. The molecule has 6 heteroatoms. The van der Waals surface area contributed by atoms with Gasteiger partial charge in [-0.2, -0.15) is 0 Å². The van der Waals surface area contributed by atoms with Crippen LogP contribution in [0.3, 0.4) is 0 Å². The highest BCUT2D eigenvalue weighted by Crippen LogP contribution is 2.42. The van der Waals surface area contributed by atoms with E-state index < -0.39 is 14.4 Å². The molecular formula is C17H29NO4Si. The van der Waals surface area contributed by atoms with Crippen molar-refractivity contribution in [1.29, 1.82) is 0 Å². The number of cyclic esters (lactones) is 1. The summed E-state index contributed by atoms with van der Waals surface area (Å²) in [6, 6.07) is 0.0368. The Kier molecular flexibility index (Phi) is 4.14. The van der Waals surface area contributed by atoms with E-state index in [1.54, 1.807) is 4.90 Å². The van der Waals surface area contributed by atoms with E-state index in [1.165, 1.54) is 5.57 Å². The van der Waals surface area contributed by atoms with E-state index >= 15 is 0 Å². The number of carbonyl (C=O) groups is 1. The van der Waals surface area contributed by atoms with Gasteiger partial charge in [0, 0.05) is 6.54 Å². The van der Waals surface area contributed by atoms with Crippen LogP contribution >= 0.6 is 0 Å². The first-order valence-corrected chi connectivity index (χ1v) is 11.5. The number of fused-ring (bicyclic) bond motifs is 2. The smallest absolute Gasteiger partial charge is 0.410 e. The molecule has 0 spiro atoms. The molecule has 1 N–H and O–H groups in total. The summed E-state index contributed by atoms with van der Waals surface area (Å²) >= 11 is 0. The zero-order valence-electron chi connectivity index (χ0n) is 14.9. The summed E-state index contributed by atoms with van der Waals surface area (Å²) in [4.78, 5) is 13.5. The second kappa shape index (κ2) is 5.60. The summed E-state index contributed by atoms with van der Waals surface area (Å²) in [5.74, 6) is 0. The molecule has 0 unspecified atom stereocenters. The number of carbonyl (C=O) groups excluding carboxylic acids is 1. The van der Waals surface area contributed by atoms with E-state index in [2.05, 4.69) is 33.9 Å². The molecule has 0 saturated carbocycles. The van der Waals surface area contributed by atoms with Crippen molar-refractivity contribution in [2.75, 3.05) is 13.2 Å². The standard InChI is InChI=1S/C17H29NO4Si/c1-17(2,3)23(4,5)22-14-7-6-11-12(15(14)19)8-9-18-13(11)10-21-16(18)20/h13-15,19H,6-10H2,1-5H3/t13-,14-,15+/m0/s1. The Morgan fingerprint density at radius 3 is 2.61 bits per heavy atom.